The summed E-state index contributed by atoms with van der Waals surface area (Å²) < 4.78 is 0. The Hall–Kier alpha value is -7.74. The molecule has 0 amide bonds. The van der Waals surface area contributed by atoms with Gasteiger partial charge in [0.25, 0.3) is 0 Å². The van der Waals surface area contributed by atoms with E-state index in [1.54, 1.807) is 0 Å². The van der Waals surface area contributed by atoms with Crippen LogP contribution < -0.4 is 4.90 Å². The molecule has 1 nitrogen and oxygen atoms in total. The third-order valence-corrected chi connectivity index (χ3v) is 14.5. The Bertz CT molecular complexity index is 3400. The van der Waals surface area contributed by atoms with Gasteiger partial charge in [0.2, 0.25) is 0 Å². The zero-order valence-corrected chi connectivity index (χ0v) is 35.3. The Morgan fingerprint density at radius 3 is 1.46 bits per heavy atom. The average Bonchev–Trinajstić information content (AvgIpc) is 3.81. The largest absolute Gasteiger partial charge is 0.310 e. The zero-order valence-electron chi connectivity index (χ0n) is 35.3. The van der Waals surface area contributed by atoms with Crippen molar-refractivity contribution in [1.29, 1.82) is 0 Å². The van der Waals surface area contributed by atoms with Gasteiger partial charge in [-0.25, -0.2) is 0 Å². The van der Waals surface area contributed by atoms with Crippen LogP contribution in [-0.4, -0.2) is 0 Å². The molecule has 0 saturated carbocycles. The van der Waals surface area contributed by atoms with E-state index in [1.807, 2.05) is 0 Å². The van der Waals surface area contributed by atoms with Gasteiger partial charge < -0.3 is 4.90 Å². The molecule has 10 aromatic carbocycles. The Morgan fingerprint density at radius 2 is 0.825 bits per heavy atom. The number of fused-ring (bicyclic) bond motifs is 12. The molecule has 1 spiro atoms. The highest BCUT2D eigenvalue weighted by Crippen LogP contribution is 2.64. The molecule has 10 aromatic rings. The van der Waals surface area contributed by atoms with Crippen LogP contribution in [0.4, 0.5) is 17.1 Å². The molecule has 63 heavy (non-hydrogen) atoms. The van der Waals surface area contributed by atoms with Crippen molar-refractivity contribution < 1.29 is 0 Å². The van der Waals surface area contributed by atoms with Crippen LogP contribution >= 0.6 is 0 Å². The van der Waals surface area contributed by atoms with E-state index in [0.29, 0.717) is 0 Å². The summed E-state index contributed by atoms with van der Waals surface area (Å²) in [4.78, 5) is 2.54. The van der Waals surface area contributed by atoms with Crippen molar-refractivity contribution in [2.45, 2.75) is 24.7 Å². The lowest BCUT2D eigenvalue weighted by Crippen LogP contribution is -2.26. The minimum atomic E-state index is -0.454. The number of benzene rings is 10. The van der Waals surface area contributed by atoms with Crippen molar-refractivity contribution >= 4 is 27.8 Å². The standard InChI is InChI=1S/C62H43N/c1-61(2)52-36-30-44(41-18-7-4-8-19-41)38-51(52)60-58(37-31-43-20-15-27-56(61)59(43)60)63(45-32-28-42(29-33-45)40-16-5-3-6-17-40)46-34-35-50-49-23-11-14-26-55(49)62(57(50)39-46)53-24-12-9-21-47(53)48-22-10-13-25-54(48)62/h3-39H,1-2H3. The van der Waals surface area contributed by atoms with Gasteiger partial charge in [-0.2, -0.15) is 0 Å². The molecule has 0 heterocycles. The smallest absolute Gasteiger partial charge is 0.0726 e. The highest BCUT2D eigenvalue weighted by atomic mass is 15.1. The molecule has 0 unspecified atom stereocenters. The fraction of sp³-hybridized carbons (Fsp3) is 0.0645. The lowest BCUT2D eigenvalue weighted by molar-refractivity contribution is 0.645. The normalized spacial score (nSPS) is 14.1. The molecule has 0 saturated heterocycles. The molecule has 0 fully saturated rings. The predicted molar refractivity (Wildman–Crippen MR) is 263 cm³/mol. The molecular weight excluding hydrogens is 759 g/mol. The van der Waals surface area contributed by atoms with Crippen LogP contribution in [0.5, 0.6) is 0 Å². The summed E-state index contributed by atoms with van der Waals surface area (Å²) in [6.45, 7) is 4.79. The minimum Gasteiger partial charge on any atom is -0.310 e. The van der Waals surface area contributed by atoms with Gasteiger partial charge in [-0.05, 0) is 131 Å². The number of nitrogens with zero attached hydrogens (tertiary/aromatic N) is 1. The molecule has 0 radical (unpaired) electrons. The quantitative estimate of drug-likeness (QED) is 0.168. The molecule has 3 aliphatic carbocycles. The molecule has 0 N–H and O–H groups in total. The third-order valence-electron chi connectivity index (χ3n) is 14.5. The van der Waals surface area contributed by atoms with Gasteiger partial charge >= 0.3 is 0 Å². The van der Waals surface area contributed by atoms with E-state index in [1.165, 1.54) is 105 Å². The van der Waals surface area contributed by atoms with Crippen molar-refractivity contribution in [2.75, 3.05) is 4.90 Å². The van der Waals surface area contributed by atoms with Crippen molar-refractivity contribution in [2.24, 2.45) is 0 Å². The monoisotopic (exact) mass is 801 g/mol. The second-order valence-electron chi connectivity index (χ2n) is 18.0. The Labute approximate surface area is 369 Å². The lowest BCUT2D eigenvalue weighted by atomic mass is 9.67. The third kappa shape index (κ3) is 4.99. The average molecular weight is 802 g/mol. The van der Waals surface area contributed by atoms with E-state index in [4.69, 9.17) is 0 Å². The van der Waals surface area contributed by atoms with Gasteiger partial charge in [0.15, 0.2) is 0 Å². The maximum Gasteiger partial charge on any atom is 0.0726 e. The first kappa shape index (κ1) is 36.0. The van der Waals surface area contributed by atoms with Crippen LogP contribution in [0.3, 0.4) is 0 Å². The van der Waals surface area contributed by atoms with E-state index >= 15 is 0 Å². The van der Waals surface area contributed by atoms with E-state index in [9.17, 15) is 0 Å². The first-order chi connectivity index (χ1) is 31.0. The van der Waals surface area contributed by atoms with Crippen LogP contribution in [0.1, 0.15) is 47.2 Å². The van der Waals surface area contributed by atoms with Crippen molar-refractivity contribution in [3.05, 3.63) is 258 Å². The molecule has 1 heteroatoms. The molecule has 0 atom stereocenters. The Morgan fingerprint density at radius 1 is 0.317 bits per heavy atom. The molecule has 296 valence electrons. The number of rotatable bonds is 5. The number of anilines is 3. The van der Waals surface area contributed by atoms with Gasteiger partial charge in [0, 0.05) is 22.4 Å². The van der Waals surface area contributed by atoms with Crippen molar-refractivity contribution in [3.8, 4) is 55.6 Å². The van der Waals surface area contributed by atoms with E-state index < -0.39 is 5.41 Å². The van der Waals surface area contributed by atoms with Gasteiger partial charge in [-0.1, -0.05) is 202 Å². The summed E-state index contributed by atoms with van der Waals surface area (Å²) in [6, 6.07) is 84.1. The van der Waals surface area contributed by atoms with Gasteiger partial charge in [-0.15, -0.1) is 0 Å². The minimum absolute atomic E-state index is 0.202. The first-order valence-electron chi connectivity index (χ1n) is 22.2. The van der Waals surface area contributed by atoms with Crippen molar-refractivity contribution in [3.63, 3.8) is 0 Å². The van der Waals surface area contributed by atoms with Crippen LogP contribution in [0, 0.1) is 0 Å². The SMILES string of the molecule is CC1(C)c2ccc(-c3ccccc3)cc2-c2c(N(c3ccc(-c4ccccc4)cc3)c3ccc4c(c3)C3(c5ccccc5-c5ccccc53)c3ccccc3-4)ccc3cccc1c23. The van der Waals surface area contributed by atoms with Crippen LogP contribution in [-0.2, 0) is 10.8 Å². The summed E-state index contributed by atoms with van der Waals surface area (Å²) in [5.41, 5.74) is 23.5. The fourth-order valence-corrected chi connectivity index (χ4v) is 11.7. The number of hydrogen-bond acceptors (Lipinski definition) is 1. The maximum absolute atomic E-state index is 2.54. The Kier molecular flexibility index (Phi) is 7.64. The fourth-order valence-electron chi connectivity index (χ4n) is 11.7. The lowest BCUT2D eigenvalue weighted by Gasteiger charge is -2.38. The summed E-state index contributed by atoms with van der Waals surface area (Å²) >= 11 is 0. The van der Waals surface area contributed by atoms with E-state index in [0.717, 1.165) is 11.4 Å². The summed E-state index contributed by atoms with van der Waals surface area (Å²) in [5, 5.41) is 2.59. The van der Waals surface area contributed by atoms with Gasteiger partial charge in [-0.3, -0.25) is 0 Å². The predicted octanol–water partition coefficient (Wildman–Crippen LogP) is 16.3. The summed E-state index contributed by atoms with van der Waals surface area (Å²) in [6.07, 6.45) is 0. The second-order valence-corrected chi connectivity index (χ2v) is 18.0. The van der Waals surface area contributed by atoms with Gasteiger partial charge in [0.1, 0.15) is 0 Å². The zero-order chi connectivity index (χ0) is 41.9. The van der Waals surface area contributed by atoms with Crippen LogP contribution in [0.2, 0.25) is 0 Å². The van der Waals surface area contributed by atoms with E-state index in [2.05, 4.69) is 243 Å². The molecule has 0 aromatic heterocycles. The molecule has 0 bridgehead atoms. The summed E-state index contributed by atoms with van der Waals surface area (Å²) in [7, 11) is 0. The van der Waals surface area contributed by atoms with Crippen LogP contribution in [0.25, 0.3) is 66.4 Å². The molecule has 0 aliphatic heterocycles. The highest BCUT2D eigenvalue weighted by Gasteiger charge is 2.51. The topological polar surface area (TPSA) is 3.24 Å². The molecule has 13 rings (SSSR count). The van der Waals surface area contributed by atoms with Crippen molar-refractivity contribution in [1.82, 2.24) is 0 Å². The highest BCUT2D eigenvalue weighted by molar-refractivity contribution is 6.11. The molecule has 3 aliphatic rings. The van der Waals surface area contributed by atoms with E-state index in [-0.39, 0.29) is 5.41 Å². The summed E-state index contributed by atoms with van der Waals surface area (Å²) in [5.74, 6) is 0. The Balaban J connectivity index is 1.11. The maximum atomic E-state index is 2.54. The first-order valence-corrected chi connectivity index (χ1v) is 22.2. The van der Waals surface area contributed by atoms with Crippen LogP contribution in [0.15, 0.2) is 224 Å². The molecular formula is C62H43N. The second kappa shape index (κ2) is 13.4. The number of hydrogen-bond donors (Lipinski definition) is 0. The van der Waals surface area contributed by atoms with Gasteiger partial charge in [0.05, 0.1) is 11.1 Å².